The minimum absolute atomic E-state index is 0.0970. The summed E-state index contributed by atoms with van der Waals surface area (Å²) in [6, 6.07) is 10.4. The second-order valence-electron chi connectivity index (χ2n) is 6.06. The lowest BCUT2D eigenvalue weighted by Gasteiger charge is -2.11. The second-order valence-corrected chi connectivity index (χ2v) is 7.39. The van der Waals surface area contributed by atoms with Crippen LogP contribution < -0.4 is 19.8 Å². The zero-order chi connectivity index (χ0) is 21.8. The van der Waals surface area contributed by atoms with Crippen molar-refractivity contribution < 1.29 is 38.9 Å². The van der Waals surface area contributed by atoms with E-state index in [9.17, 15) is 19.8 Å². The number of aromatic nitrogens is 2. The molecular weight excluding hydrogens is 414 g/mol. The first kappa shape index (κ1) is 21.0. The Kier molecular flexibility index (Phi) is 6.11. The molecule has 0 saturated heterocycles. The molecule has 2 aromatic carbocycles. The van der Waals surface area contributed by atoms with Gasteiger partial charge in [0.25, 0.3) is 5.03 Å². The topological polar surface area (TPSA) is 149 Å². The maximum absolute atomic E-state index is 12.5. The van der Waals surface area contributed by atoms with Crippen LogP contribution in [0.2, 0.25) is 0 Å². The van der Waals surface area contributed by atoms with Crippen molar-refractivity contribution in [1.82, 2.24) is 5.27 Å². The fourth-order valence-corrected chi connectivity index (χ4v) is 3.35. The maximum Gasteiger partial charge on any atom is 0.339 e. The third kappa shape index (κ3) is 4.46. The maximum atomic E-state index is 12.5. The van der Waals surface area contributed by atoms with Crippen molar-refractivity contribution in [2.45, 2.75) is 17.2 Å². The van der Waals surface area contributed by atoms with Gasteiger partial charge in [-0.3, -0.25) is 4.79 Å². The summed E-state index contributed by atoms with van der Waals surface area (Å²) in [6.07, 6.45) is 0. The van der Waals surface area contributed by atoms with E-state index in [0.29, 0.717) is 11.4 Å². The van der Waals surface area contributed by atoms with Gasteiger partial charge in [0.15, 0.2) is 5.95 Å². The zero-order valence-corrected chi connectivity index (χ0v) is 16.7. The van der Waals surface area contributed by atoms with E-state index < -0.39 is 28.8 Å². The fraction of sp³-hybridized carbons (Fsp3) is 0.158. The highest BCUT2D eigenvalue weighted by molar-refractivity contribution is 8.00. The normalized spacial score (nSPS) is 11.7. The molecule has 1 unspecified atom stereocenters. The molecule has 3 aromatic rings. The lowest BCUT2D eigenvalue weighted by atomic mass is 10.2. The quantitative estimate of drug-likeness (QED) is 0.288. The number of aromatic carboxylic acids is 1. The number of thioether (sulfide) groups is 1. The zero-order valence-electron chi connectivity index (χ0n) is 15.9. The monoisotopic (exact) mass is 431 g/mol. The summed E-state index contributed by atoms with van der Waals surface area (Å²) < 4.78 is 11.1. The Labute approximate surface area is 174 Å². The summed E-state index contributed by atoms with van der Waals surface area (Å²) in [6.45, 7) is 1.57. The average Bonchev–Trinajstić information content (AvgIpc) is 3.09. The Balaban J connectivity index is 1.77. The van der Waals surface area contributed by atoms with Gasteiger partial charge < -0.3 is 29.9 Å². The van der Waals surface area contributed by atoms with Gasteiger partial charge >= 0.3 is 5.97 Å². The Morgan fingerprint density at radius 1 is 1.27 bits per heavy atom. The number of hydrogen-bond acceptors (Lipinski definition) is 8. The molecule has 1 atom stereocenters. The number of amides is 1. The van der Waals surface area contributed by atoms with Gasteiger partial charge in [0.2, 0.25) is 11.6 Å². The van der Waals surface area contributed by atoms with Crippen molar-refractivity contribution >= 4 is 29.3 Å². The minimum Gasteiger partial charge on any atom is -0.538 e. The number of nitrogens with zero attached hydrogens (tertiary/aromatic N) is 2. The van der Waals surface area contributed by atoms with E-state index in [4.69, 9.17) is 14.4 Å². The molecule has 1 aromatic heterocycles. The van der Waals surface area contributed by atoms with Crippen molar-refractivity contribution in [2.24, 2.45) is 0 Å². The van der Waals surface area contributed by atoms with Gasteiger partial charge in [-0.1, -0.05) is 0 Å². The predicted octanol–water partition coefficient (Wildman–Crippen LogP) is 1.56. The van der Waals surface area contributed by atoms with E-state index in [1.54, 1.807) is 31.2 Å². The molecular formula is C19H17N3O7S. The number of carbonyl (C=O) groups is 2. The van der Waals surface area contributed by atoms with Crippen LogP contribution in [0.1, 0.15) is 17.3 Å². The number of rotatable bonds is 7. The number of phenols is 1. The Morgan fingerprint density at radius 3 is 2.60 bits per heavy atom. The minimum atomic E-state index is -1.33. The number of carboxylic acid groups (broad SMARTS) is 1. The van der Waals surface area contributed by atoms with E-state index in [1.807, 2.05) is 0 Å². The first-order chi connectivity index (χ1) is 14.3. The van der Waals surface area contributed by atoms with E-state index in [1.165, 1.54) is 23.9 Å². The van der Waals surface area contributed by atoms with Crippen LogP contribution in [0.5, 0.6) is 17.4 Å². The van der Waals surface area contributed by atoms with Gasteiger partial charge in [-0.25, -0.2) is 4.79 Å². The van der Waals surface area contributed by atoms with Gasteiger partial charge in [-0.05, 0) is 53.7 Å². The third-order valence-corrected chi connectivity index (χ3v) is 5.17. The van der Waals surface area contributed by atoms with Crippen LogP contribution in [0, 0.1) is 0 Å². The molecule has 1 amide bonds. The lowest BCUT2D eigenvalue weighted by Crippen LogP contribution is -2.36. The van der Waals surface area contributed by atoms with Crippen LogP contribution in [0.15, 0.2) is 52.0 Å². The molecule has 0 aliphatic heterocycles. The molecule has 0 fully saturated rings. The highest BCUT2D eigenvalue weighted by Gasteiger charge is 2.27. The molecule has 0 bridgehead atoms. The standard InChI is InChI=1S/C19H17N3O7S/c1-10(16(24)20-11-3-8-15(23)14(9-11)18(25)26)30-17-19(27)29-21-22(17)12-4-6-13(28-2)7-5-12/h3-10,21H,1-2H3,(H2,25,26,27). The molecule has 10 nitrogen and oxygen atoms in total. The van der Waals surface area contributed by atoms with Crippen molar-refractivity contribution in [3.05, 3.63) is 48.0 Å². The summed E-state index contributed by atoms with van der Waals surface area (Å²) in [5.74, 6) is -2.30. The van der Waals surface area contributed by atoms with Crippen molar-refractivity contribution in [1.29, 1.82) is 0 Å². The lowest BCUT2D eigenvalue weighted by molar-refractivity contribution is -0.705. The van der Waals surface area contributed by atoms with Crippen LogP contribution in [0.3, 0.4) is 0 Å². The number of benzene rings is 2. The summed E-state index contributed by atoms with van der Waals surface area (Å²) in [4.78, 5) is 23.6. The summed E-state index contributed by atoms with van der Waals surface area (Å²) in [5, 5.41) is 36.3. The van der Waals surface area contributed by atoms with Crippen LogP contribution in [0.4, 0.5) is 5.69 Å². The number of anilines is 1. The summed E-state index contributed by atoms with van der Waals surface area (Å²) in [5.41, 5.74) is 0.395. The highest BCUT2D eigenvalue weighted by Crippen LogP contribution is 2.29. The highest BCUT2D eigenvalue weighted by atomic mass is 32.2. The van der Waals surface area contributed by atoms with Crippen molar-refractivity contribution in [3.8, 4) is 23.1 Å². The Hall–Kier alpha value is -3.73. The molecule has 0 aliphatic carbocycles. The number of carboxylic acids is 1. The fourth-order valence-electron chi connectivity index (χ4n) is 2.48. The van der Waals surface area contributed by atoms with E-state index in [2.05, 4.69) is 10.6 Å². The van der Waals surface area contributed by atoms with Gasteiger partial charge in [0.1, 0.15) is 17.1 Å². The van der Waals surface area contributed by atoms with Crippen LogP contribution >= 0.6 is 11.8 Å². The van der Waals surface area contributed by atoms with Gasteiger partial charge in [0, 0.05) is 17.8 Å². The SMILES string of the molecule is COc1ccc(-[n+]2noc([O-])c2SC(C)C(=O)Nc2ccc(O)c(C(=O)O)c2)cc1. The first-order valence-electron chi connectivity index (χ1n) is 8.57. The number of ether oxygens (including phenoxy) is 1. The number of hydrogen-bond donors (Lipinski definition) is 3. The number of nitrogens with one attached hydrogen (secondary N) is 1. The second kappa shape index (κ2) is 8.74. The Morgan fingerprint density at radius 2 is 1.97 bits per heavy atom. The number of methoxy groups -OCH3 is 1. The van der Waals surface area contributed by atoms with Crippen LogP contribution in [-0.4, -0.2) is 39.7 Å². The number of aromatic hydroxyl groups is 1. The predicted molar refractivity (Wildman–Crippen MR) is 103 cm³/mol. The molecule has 30 heavy (non-hydrogen) atoms. The van der Waals surface area contributed by atoms with Crippen LogP contribution in [-0.2, 0) is 4.79 Å². The van der Waals surface area contributed by atoms with E-state index >= 15 is 0 Å². The molecule has 0 spiro atoms. The third-order valence-electron chi connectivity index (χ3n) is 4.04. The van der Waals surface area contributed by atoms with E-state index in [0.717, 1.165) is 17.8 Å². The van der Waals surface area contributed by atoms with Crippen LogP contribution in [0.25, 0.3) is 5.69 Å². The number of carbonyl (C=O) groups excluding carboxylic acids is 1. The molecule has 3 rings (SSSR count). The molecule has 1 heterocycles. The first-order valence-corrected chi connectivity index (χ1v) is 9.45. The smallest absolute Gasteiger partial charge is 0.339 e. The molecule has 0 aliphatic rings. The average molecular weight is 431 g/mol. The molecule has 156 valence electrons. The van der Waals surface area contributed by atoms with Crippen molar-refractivity contribution in [3.63, 3.8) is 0 Å². The summed E-state index contributed by atoms with van der Waals surface area (Å²) in [7, 11) is 1.53. The molecule has 11 heteroatoms. The molecule has 3 N–H and O–H groups in total. The van der Waals surface area contributed by atoms with Gasteiger partial charge in [-0.2, -0.15) is 0 Å². The van der Waals surface area contributed by atoms with Gasteiger partial charge in [-0.15, -0.1) is 0 Å². The largest absolute Gasteiger partial charge is 0.538 e. The van der Waals surface area contributed by atoms with Gasteiger partial charge in [0.05, 0.1) is 17.6 Å². The van der Waals surface area contributed by atoms with Crippen molar-refractivity contribution in [2.75, 3.05) is 12.4 Å². The molecule has 0 radical (unpaired) electrons. The molecule has 0 saturated carbocycles. The van der Waals surface area contributed by atoms with E-state index in [-0.39, 0.29) is 16.3 Å². The Bertz CT molecular complexity index is 1080. The summed E-state index contributed by atoms with van der Waals surface area (Å²) >= 11 is 0.934.